The Kier molecular flexibility index (Phi) is 8.11. The first-order chi connectivity index (χ1) is 14.3. The van der Waals surface area contributed by atoms with E-state index in [1.807, 2.05) is 6.07 Å². The Morgan fingerprint density at radius 3 is 1.90 bits per heavy atom. The van der Waals surface area contributed by atoms with Gasteiger partial charge in [-0.05, 0) is 43.3 Å². The lowest BCUT2D eigenvalue weighted by atomic mass is 10.1. The number of rotatable bonds is 8. The second-order valence-corrected chi connectivity index (χ2v) is 7.46. The Bertz CT molecular complexity index is 911. The molecule has 0 radical (unpaired) electrons. The molecule has 2 aromatic carbocycles. The molecule has 0 saturated heterocycles. The lowest BCUT2D eigenvalue weighted by molar-refractivity contribution is -0.115. The smallest absolute Gasteiger partial charge is 0.337 e. The largest absolute Gasteiger partial charge is 0.493 e. The molecule has 2 rings (SSSR count). The normalized spacial score (nSPS) is 11.2. The van der Waals surface area contributed by atoms with Gasteiger partial charge in [-0.25, -0.2) is 9.59 Å². The molecular formula is C21H23NO7S. The molecule has 1 amide bonds. The molecule has 0 bridgehead atoms. The van der Waals surface area contributed by atoms with Crippen molar-refractivity contribution in [3.63, 3.8) is 0 Å². The lowest BCUT2D eigenvalue weighted by Gasteiger charge is -2.15. The molecule has 0 aliphatic rings. The predicted molar refractivity (Wildman–Crippen MR) is 113 cm³/mol. The third kappa shape index (κ3) is 5.66. The first-order valence-electron chi connectivity index (χ1n) is 8.84. The zero-order chi connectivity index (χ0) is 22.3. The van der Waals surface area contributed by atoms with Gasteiger partial charge in [0, 0.05) is 10.6 Å². The third-order valence-electron chi connectivity index (χ3n) is 4.08. The average molecular weight is 433 g/mol. The molecule has 0 spiro atoms. The number of hydrogen-bond acceptors (Lipinski definition) is 8. The van der Waals surface area contributed by atoms with Gasteiger partial charge in [0.25, 0.3) is 0 Å². The monoisotopic (exact) mass is 433 g/mol. The van der Waals surface area contributed by atoms with E-state index in [0.29, 0.717) is 11.5 Å². The number of carbonyl (C=O) groups is 3. The van der Waals surface area contributed by atoms with Crippen LogP contribution >= 0.6 is 11.8 Å². The summed E-state index contributed by atoms with van der Waals surface area (Å²) < 4.78 is 19.9. The summed E-state index contributed by atoms with van der Waals surface area (Å²) in [5.41, 5.74) is 0.523. The number of amides is 1. The van der Waals surface area contributed by atoms with Crippen molar-refractivity contribution in [2.45, 2.75) is 17.1 Å². The van der Waals surface area contributed by atoms with E-state index >= 15 is 0 Å². The Hall–Kier alpha value is -3.20. The molecule has 0 saturated carbocycles. The Morgan fingerprint density at radius 2 is 1.40 bits per heavy atom. The van der Waals surface area contributed by atoms with E-state index in [1.54, 1.807) is 26.2 Å². The zero-order valence-corrected chi connectivity index (χ0v) is 18.1. The minimum atomic E-state index is -0.635. The predicted octanol–water partition coefficient (Wildman–Crippen LogP) is 3.40. The maximum Gasteiger partial charge on any atom is 0.337 e. The molecule has 9 heteroatoms. The molecule has 160 valence electrons. The highest BCUT2D eigenvalue weighted by molar-refractivity contribution is 8.00. The Morgan fingerprint density at radius 1 is 0.833 bits per heavy atom. The number of benzene rings is 2. The van der Waals surface area contributed by atoms with Crippen LogP contribution in [-0.4, -0.2) is 51.5 Å². The van der Waals surface area contributed by atoms with E-state index in [4.69, 9.17) is 18.9 Å². The highest BCUT2D eigenvalue weighted by Gasteiger charge is 2.19. The van der Waals surface area contributed by atoms with Crippen molar-refractivity contribution in [1.82, 2.24) is 0 Å². The summed E-state index contributed by atoms with van der Waals surface area (Å²) >= 11 is 1.32. The highest BCUT2D eigenvalue weighted by Crippen LogP contribution is 2.33. The summed E-state index contributed by atoms with van der Waals surface area (Å²) in [6.07, 6.45) is 0. The molecule has 8 nitrogen and oxygen atoms in total. The van der Waals surface area contributed by atoms with Crippen LogP contribution in [0, 0.1) is 0 Å². The SMILES string of the molecule is COC(=O)c1cc(NC(=O)[C@H](C)Sc2ccc(OC)c(OC)c2)cc(C(=O)OC)c1. The fourth-order valence-electron chi connectivity index (χ4n) is 2.56. The van der Waals surface area contributed by atoms with Crippen molar-refractivity contribution in [2.75, 3.05) is 33.8 Å². The lowest BCUT2D eigenvalue weighted by Crippen LogP contribution is -2.23. The number of thioether (sulfide) groups is 1. The van der Waals surface area contributed by atoms with Gasteiger partial charge >= 0.3 is 11.9 Å². The Balaban J connectivity index is 2.19. The minimum Gasteiger partial charge on any atom is -0.493 e. The summed E-state index contributed by atoms with van der Waals surface area (Å²) in [6.45, 7) is 1.74. The van der Waals surface area contributed by atoms with Gasteiger partial charge in [-0.15, -0.1) is 11.8 Å². The minimum absolute atomic E-state index is 0.121. The molecule has 1 atom stereocenters. The first-order valence-corrected chi connectivity index (χ1v) is 9.72. The second-order valence-electron chi connectivity index (χ2n) is 6.05. The van der Waals surface area contributed by atoms with E-state index in [-0.39, 0.29) is 22.7 Å². The summed E-state index contributed by atoms with van der Waals surface area (Å²) in [4.78, 5) is 37.3. The number of nitrogens with one attached hydrogen (secondary N) is 1. The standard InChI is InChI=1S/C21H23NO7S/c1-12(30-16-6-7-17(26-2)18(11-16)27-3)19(23)22-15-9-13(20(24)28-4)8-14(10-15)21(25)29-5/h6-12H,1-5H3,(H,22,23)/t12-/m0/s1. The molecule has 2 aromatic rings. The molecule has 0 aliphatic carbocycles. The number of hydrogen-bond donors (Lipinski definition) is 1. The Labute approximate surface area is 178 Å². The molecule has 0 unspecified atom stereocenters. The maximum atomic E-state index is 12.7. The summed E-state index contributed by atoms with van der Waals surface area (Å²) in [6, 6.07) is 9.57. The van der Waals surface area contributed by atoms with Crippen molar-refractivity contribution in [1.29, 1.82) is 0 Å². The van der Waals surface area contributed by atoms with Crippen molar-refractivity contribution >= 4 is 35.3 Å². The van der Waals surface area contributed by atoms with E-state index in [0.717, 1.165) is 4.90 Å². The van der Waals surface area contributed by atoms with Crippen molar-refractivity contribution in [3.8, 4) is 11.5 Å². The quantitative estimate of drug-likeness (QED) is 0.499. The van der Waals surface area contributed by atoms with Crippen LogP contribution in [0.4, 0.5) is 5.69 Å². The van der Waals surface area contributed by atoms with Gasteiger partial charge in [0.05, 0.1) is 44.8 Å². The molecule has 30 heavy (non-hydrogen) atoms. The summed E-state index contributed by atoms with van der Waals surface area (Å²) in [7, 11) is 5.54. The number of ether oxygens (including phenoxy) is 4. The molecule has 0 aliphatic heterocycles. The van der Waals surface area contributed by atoms with Crippen LogP contribution in [0.15, 0.2) is 41.3 Å². The van der Waals surface area contributed by atoms with Crippen LogP contribution in [0.5, 0.6) is 11.5 Å². The van der Waals surface area contributed by atoms with E-state index in [2.05, 4.69) is 5.32 Å². The number of methoxy groups -OCH3 is 4. The van der Waals surface area contributed by atoms with Gasteiger partial charge in [0.1, 0.15) is 0 Å². The van der Waals surface area contributed by atoms with Gasteiger partial charge in [0.2, 0.25) is 5.91 Å². The fourth-order valence-corrected chi connectivity index (χ4v) is 3.46. The van der Waals surface area contributed by atoms with Gasteiger partial charge in [-0.1, -0.05) is 0 Å². The second kappa shape index (κ2) is 10.5. The third-order valence-corrected chi connectivity index (χ3v) is 5.17. The summed E-state index contributed by atoms with van der Waals surface area (Å²) in [5.74, 6) is -0.432. The first kappa shape index (κ1) is 23.1. The van der Waals surface area contributed by atoms with E-state index < -0.39 is 17.2 Å². The molecular weight excluding hydrogens is 410 g/mol. The average Bonchev–Trinajstić information content (AvgIpc) is 2.77. The molecule has 0 heterocycles. The van der Waals surface area contributed by atoms with Gasteiger partial charge in [0.15, 0.2) is 11.5 Å². The van der Waals surface area contributed by atoms with E-state index in [9.17, 15) is 14.4 Å². The van der Waals surface area contributed by atoms with Gasteiger partial charge < -0.3 is 24.3 Å². The highest BCUT2D eigenvalue weighted by atomic mass is 32.2. The van der Waals surface area contributed by atoms with Gasteiger partial charge in [-0.3, -0.25) is 4.79 Å². The van der Waals surface area contributed by atoms with Crippen LogP contribution in [0.25, 0.3) is 0 Å². The maximum absolute atomic E-state index is 12.7. The van der Waals surface area contributed by atoms with Crippen LogP contribution in [0.2, 0.25) is 0 Å². The fraction of sp³-hybridized carbons (Fsp3) is 0.286. The van der Waals surface area contributed by atoms with Crippen LogP contribution in [0.3, 0.4) is 0 Å². The van der Waals surface area contributed by atoms with Crippen molar-refractivity contribution in [3.05, 3.63) is 47.5 Å². The number of carbonyl (C=O) groups excluding carboxylic acids is 3. The molecule has 0 aromatic heterocycles. The van der Waals surface area contributed by atoms with Crippen LogP contribution in [-0.2, 0) is 14.3 Å². The topological polar surface area (TPSA) is 100 Å². The van der Waals surface area contributed by atoms with Crippen molar-refractivity contribution < 1.29 is 33.3 Å². The van der Waals surface area contributed by atoms with Gasteiger partial charge in [-0.2, -0.15) is 0 Å². The van der Waals surface area contributed by atoms with Crippen LogP contribution < -0.4 is 14.8 Å². The van der Waals surface area contributed by atoms with Crippen molar-refractivity contribution in [2.24, 2.45) is 0 Å². The molecule has 1 N–H and O–H groups in total. The summed E-state index contributed by atoms with van der Waals surface area (Å²) in [5, 5.41) is 2.24. The van der Waals surface area contributed by atoms with Crippen LogP contribution in [0.1, 0.15) is 27.6 Å². The zero-order valence-electron chi connectivity index (χ0n) is 17.3. The van der Waals surface area contributed by atoms with E-state index in [1.165, 1.54) is 51.3 Å². The number of esters is 2. The molecule has 0 fully saturated rings. The number of anilines is 1.